The fourth-order valence-corrected chi connectivity index (χ4v) is 2.95. The van der Waals surface area contributed by atoms with E-state index in [4.69, 9.17) is 0 Å². The molecule has 108 valence electrons. The first-order valence-corrected chi connectivity index (χ1v) is 7.68. The van der Waals surface area contributed by atoms with Crippen molar-refractivity contribution in [3.8, 4) is 0 Å². The number of nitrogens with zero attached hydrogens (tertiary/aromatic N) is 3. The van der Waals surface area contributed by atoms with Gasteiger partial charge in [0.15, 0.2) is 11.5 Å². The Kier molecular flexibility index (Phi) is 4.04. The minimum absolute atomic E-state index is 0.781. The third kappa shape index (κ3) is 2.86. The van der Waals surface area contributed by atoms with Gasteiger partial charge >= 0.3 is 0 Å². The average molecular weight is 273 g/mol. The molecule has 5 heteroatoms. The molecule has 0 radical (unpaired) electrons. The fourth-order valence-electron chi connectivity index (χ4n) is 2.95. The topological polar surface area (TPSA) is 54.2 Å². The molecule has 1 aliphatic rings. The Morgan fingerprint density at radius 3 is 2.90 bits per heavy atom. The molecule has 2 aromatic heterocycles. The van der Waals surface area contributed by atoms with Crippen LogP contribution in [0, 0.1) is 5.92 Å². The van der Waals surface area contributed by atoms with Crippen molar-refractivity contribution in [3.63, 3.8) is 0 Å². The summed E-state index contributed by atoms with van der Waals surface area (Å²) in [5.41, 5.74) is 0.905. The summed E-state index contributed by atoms with van der Waals surface area (Å²) in [7, 11) is 0. The second kappa shape index (κ2) is 6.11. The van der Waals surface area contributed by atoms with Crippen LogP contribution in [0.1, 0.15) is 39.0 Å². The van der Waals surface area contributed by atoms with Gasteiger partial charge in [0, 0.05) is 25.5 Å². The lowest BCUT2D eigenvalue weighted by Crippen LogP contribution is -2.18. The Morgan fingerprint density at radius 1 is 1.25 bits per heavy atom. The molecule has 1 saturated carbocycles. The molecule has 1 fully saturated rings. The summed E-state index contributed by atoms with van der Waals surface area (Å²) in [5, 5.41) is 6.78. The van der Waals surface area contributed by atoms with Crippen molar-refractivity contribution in [2.45, 2.75) is 39.0 Å². The van der Waals surface area contributed by atoms with E-state index in [0.29, 0.717) is 0 Å². The predicted molar refractivity (Wildman–Crippen MR) is 82.2 cm³/mol. The van der Waals surface area contributed by atoms with Crippen LogP contribution in [0.25, 0.3) is 5.65 Å². The van der Waals surface area contributed by atoms with E-state index in [0.717, 1.165) is 36.3 Å². The van der Waals surface area contributed by atoms with Gasteiger partial charge in [0.05, 0.1) is 6.20 Å². The third-order valence-corrected chi connectivity index (χ3v) is 4.01. The number of hydrogen-bond donors (Lipinski definition) is 2. The van der Waals surface area contributed by atoms with E-state index in [1.54, 1.807) is 0 Å². The molecule has 0 aliphatic heterocycles. The van der Waals surface area contributed by atoms with Crippen molar-refractivity contribution in [2.24, 2.45) is 5.92 Å². The van der Waals surface area contributed by atoms with Crippen LogP contribution in [0.5, 0.6) is 0 Å². The number of nitrogens with one attached hydrogen (secondary N) is 2. The number of rotatable bonds is 5. The van der Waals surface area contributed by atoms with Crippen LogP contribution in [0.4, 0.5) is 11.6 Å². The number of imidazole rings is 1. The van der Waals surface area contributed by atoms with Crippen LogP contribution < -0.4 is 10.6 Å². The van der Waals surface area contributed by atoms with Crippen LogP contribution in [-0.4, -0.2) is 27.5 Å². The summed E-state index contributed by atoms with van der Waals surface area (Å²) in [6.07, 6.45) is 12.6. The molecule has 0 unspecified atom stereocenters. The Bertz CT molecular complexity index is 556. The van der Waals surface area contributed by atoms with Gasteiger partial charge in [-0.3, -0.25) is 0 Å². The Hall–Kier alpha value is -1.78. The maximum Gasteiger partial charge on any atom is 0.180 e. The van der Waals surface area contributed by atoms with Crippen LogP contribution in [0.2, 0.25) is 0 Å². The first-order valence-electron chi connectivity index (χ1n) is 7.68. The minimum Gasteiger partial charge on any atom is -0.369 e. The quantitative estimate of drug-likeness (QED) is 0.878. The van der Waals surface area contributed by atoms with Gasteiger partial charge in [-0.05, 0) is 25.7 Å². The van der Waals surface area contributed by atoms with Gasteiger partial charge < -0.3 is 15.0 Å². The smallest absolute Gasteiger partial charge is 0.180 e. The lowest BCUT2D eigenvalue weighted by atomic mass is 9.89. The van der Waals surface area contributed by atoms with Crippen LogP contribution >= 0.6 is 0 Å². The van der Waals surface area contributed by atoms with Crippen molar-refractivity contribution in [2.75, 3.05) is 23.7 Å². The number of hydrogen-bond acceptors (Lipinski definition) is 4. The van der Waals surface area contributed by atoms with Crippen molar-refractivity contribution >= 4 is 17.3 Å². The third-order valence-electron chi connectivity index (χ3n) is 4.01. The molecular formula is C15H23N5. The SMILES string of the molecule is CCNc1cn2ccnc2c(NCC2CCCCC2)n1. The number of aromatic nitrogens is 3. The Morgan fingerprint density at radius 2 is 2.10 bits per heavy atom. The molecule has 0 aromatic carbocycles. The van der Waals surface area contributed by atoms with Gasteiger partial charge in [-0.15, -0.1) is 0 Å². The lowest BCUT2D eigenvalue weighted by molar-refractivity contribution is 0.373. The molecule has 1 aliphatic carbocycles. The summed E-state index contributed by atoms with van der Waals surface area (Å²) in [6, 6.07) is 0. The number of fused-ring (bicyclic) bond motifs is 1. The van der Waals surface area contributed by atoms with Crippen molar-refractivity contribution in [1.29, 1.82) is 0 Å². The maximum absolute atomic E-state index is 4.64. The molecule has 3 rings (SSSR count). The molecule has 2 heterocycles. The molecule has 0 spiro atoms. The largest absolute Gasteiger partial charge is 0.369 e. The zero-order valence-corrected chi connectivity index (χ0v) is 12.1. The lowest BCUT2D eigenvalue weighted by Gasteiger charge is -2.22. The summed E-state index contributed by atoms with van der Waals surface area (Å²) in [6.45, 7) is 3.95. The molecule has 0 amide bonds. The van der Waals surface area contributed by atoms with Crippen LogP contribution in [0.15, 0.2) is 18.6 Å². The molecule has 0 atom stereocenters. The van der Waals surface area contributed by atoms with Gasteiger partial charge in [0.2, 0.25) is 0 Å². The summed E-state index contributed by atoms with van der Waals surface area (Å²) < 4.78 is 2.02. The first kappa shape index (κ1) is 13.2. The van der Waals surface area contributed by atoms with Crippen molar-refractivity contribution in [1.82, 2.24) is 14.4 Å². The molecule has 2 N–H and O–H groups in total. The van der Waals surface area contributed by atoms with Crippen molar-refractivity contribution < 1.29 is 0 Å². The fraction of sp³-hybridized carbons (Fsp3) is 0.600. The highest BCUT2D eigenvalue weighted by molar-refractivity contribution is 5.65. The molecule has 20 heavy (non-hydrogen) atoms. The van der Waals surface area contributed by atoms with E-state index < -0.39 is 0 Å². The second-order valence-electron chi connectivity index (χ2n) is 5.55. The monoisotopic (exact) mass is 273 g/mol. The zero-order chi connectivity index (χ0) is 13.8. The molecule has 0 saturated heterocycles. The zero-order valence-electron chi connectivity index (χ0n) is 12.1. The van der Waals surface area contributed by atoms with E-state index >= 15 is 0 Å². The normalized spacial score (nSPS) is 16.4. The Labute approximate surface area is 119 Å². The highest BCUT2D eigenvalue weighted by Crippen LogP contribution is 2.24. The summed E-state index contributed by atoms with van der Waals surface area (Å²) in [4.78, 5) is 9.04. The highest BCUT2D eigenvalue weighted by Gasteiger charge is 2.14. The summed E-state index contributed by atoms with van der Waals surface area (Å²) in [5.74, 6) is 2.56. The van der Waals surface area contributed by atoms with Gasteiger partial charge in [-0.2, -0.15) is 0 Å². The molecule has 5 nitrogen and oxygen atoms in total. The Balaban J connectivity index is 1.76. The van der Waals surface area contributed by atoms with Gasteiger partial charge in [-0.25, -0.2) is 9.97 Å². The average Bonchev–Trinajstić information content (AvgIpc) is 2.95. The van der Waals surface area contributed by atoms with Gasteiger partial charge in [0.1, 0.15) is 5.82 Å². The van der Waals surface area contributed by atoms with Crippen LogP contribution in [0.3, 0.4) is 0 Å². The van der Waals surface area contributed by atoms with Crippen LogP contribution in [-0.2, 0) is 0 Å². The molecule has 0 bridgehead atoms. The van der Waals surface area contributed by atoms with E-state index in [9.17, 15) is 0 Å². The van der Waals surface area contributed by atoms with E-state index in [1.165, 1.54) is 32.1 Å². The van der Waals surface area contributed by atoms with Crippen molar-refractivity contribution in [3.05, 3.63) is 18.6 Å². The minimum atomic E-state index is 0.781. The summed E-state index contributed by atoms with van der Waals surface area (Å²) >= 11 is 0. The predicted octanol–water partition coefficient (Wildman–Crippen LogP) is 3.15. The van der Waals surface area contributed by atoms with E-state index in [-0.39, 0.29) is 0 Å². The first-order chi connectivity index (χ1) is 9.86. The molecular weight excluding hydrogens is 250 g/mol. The van der Waals surface area contributed by atoms with Gasteiger partial charge in [-0.1, -0.05) is 19.3 Å². The maximum atomic E-state index is 4.64. The molecule has 2 aromatic rings. The standard InChI is InChI=1S/C15H23N5/c1-2-16-13-11-20-9-8-17-15(20)14(19-13)18-10-12-6-4-3-5-7-12/h8-9,11-12,16H,2-7,10H2,1H3,(H,18,19). The number of anilines is 2. The highest BCUT2D eigenvalue weighted by atomic mass is 15.1. The second-order valence-corrected chi connectivity index (χ2v) is 5.55. The van der Waals surface area contributed by atoms with E-state index in [2.05, 4.69) is 27.5 Å². The van der Waals surface area contributed by atoms with E-state index in [1.807, 2.05) is 23.0 Å². The van der Waals surface area contributed by atoms with Gasteiger partial charge in [0.25, 0.3) is 0 Å².